The van der Waals surface area contributed by atoms with E-state index in [1.807, 2.05) is 24.3 Å². The summed E-state index contributed by atoms with van der Waals surface area (Å²) in [5.41, 5.74) is 1.14. The molecule has 174 valence electrons. The summed E-state index contributed by atoms with van der Waals surface area (Å²) in [5.74, 6) is -1.02. The predicted molar refractivity (Wildman–Crippen MR) is 125 cm³/mol. The molecule has 1 saturated heterocycles. The number of hydrogen-bond donors (Lipinski definition) is 1. The highest BCUT2D eigenvalue weighted by atomic mass is 35.5. The van der Waals surface area contributed by atoms with Gasteiger partial charge in [0.1, 0.15) is 10.6 Å². The van der Waals surface area contributed by atoms with Gasteiger partial charge in [0, 0.05) is 24.9 Å². The quantitative estimate of drug-likeness (QED) is 0.546. The van der Waals surface area contributed by atoms with Crippen molar-refractivity contribution in [2.24, 2.45) is 0 Å². The molecule has 1 fully saturated rings. The lowest BCUT2D eigenvalue weighted by atomic mass is 10.1. The Morgan fingerprint density at radius 3 is 2.62 bits per heavy atom. The molecule has 9 heteroatoms. The van der Waals surface area contributed by atoms with E-state index in [1.165, 1.54) is 7.11 Å². The van der Waals surface area contributed by atoms with E-state index in [0.29, 0.717) is 10.9 Å². The molecule has 0 atom stereocenters. The van der Waals surface area contributed by atoms with Gasteiger partial charge in [0.2, 0.25) is 0 Å². The maximum absolute atomic E-state index is 12.3. The van der Waals surface area contributed by atoms with Gasteiger partial charge in [-0.1, -0.05) is 23.7 Å². The van der Waals surface area contributed by atoms with Crippen molar-refractivity contribution in [3.63, 3.8) is 0 Å². The van der Waals surface area contributed by atoms with E-state index < -0.39 is 17.5 Å². The maximum atomic E-state index is 12.3. The zero-order valence-electron chi connectivity index (χ0n) is 18.7. The van der Waals surface area contributed by atoms with Crippen molar-refractivity contribution in [1.82, 2.24) is 0 Å². The van der Waals surface area contributed by atoms with Crippen LogP contribution >= 0.6 is 22.9 Å². The van der Waals surface area contributed by atoms with Gasteiger partial charge < -0.3 is 24.3 Å². The minimum Gasteiger partial charge on any atom is -0.479 e. The van der Waals surface area contributed by atoms with Crippen LogP contribution in [-0.2, 0) is 19.0 Å². The summed E-state index contributed by atoms with van der Waals surface area (Å²) in [7, 11) is 1.28. The summed E-state index contributed by atoms with van der Waals surface area (Å²) < 4.78 is 21.2. The molecular weight excluding hydrogens is 454 g/mol. The van der Waals surface area contributed by atoms with Crippen LogP contribution in [0.4, 0.5) is 5.69 Å². The molecule has 0 bridgehead atoms. The van der Waals surface area contributed by atoms with Crippen LogP contribution < -0.4 is 10.1 Å². The Morgan fingerprint density at radius 1 is 1.25 bits per heavy atom. The van der Waals surface area contributed by atoms with Gasteiger partial charge in [-0.15, -0.1) is 11.3 Å². The number of anilines is 1. The van der Waals surface area contributed by atoms with Crippen molar-refractivity contribution in [2.45, 2.75) is 45.3 Å². The van der Waals surface area contributed by atoms with Crippen LogP contribution in [0.25, 0.3) is 10.4 Å². The minimum absolute atomic E-state index is 0.118. The fourth-order valence-electron chi connectivity index (χ4n) is 3.27. The number of halogens is 1. The number of carbonyl (C=O) groups excluding carboxylic acids is 2. The van der Waals surface area contributed by atoms with Crippen molar-refractivity contribution in [3.05, 3.63) is 34.2 Å². The third-order valence-corrected chi connectivity index (χ3v) is 6.32. The molecule has 2 heterocycles. The zero-order chi connectivity index (χ0) is 23.3. The van der Waals surface area contributed by atoms with Crippen molar-refractivity contribution in [1.29, 1.82) is 0 Å². The molecule has 1 aromatic carbocycles. The lowest BCUT2D eigenvalue weighted by Crippen LogP contribution is -2.27. The third-order valence-electron chi connectivity index (χ3n) is 4.65. The lowest BCUT2D eigenvalue weighted by molar-refractivity contribution is -0.157. The molecule has 0 spiro atoms. The van der Waals surface area contributed by atoms with Gasteiger partial charge in [-0.3, -0.25) is 0 Å². The van der Waals surface area contributed by atoms with Gasteiger partial charge in [-0.2, -0.15) is 0 Å². The first-order valence-corrected chi connectivity index (χ1v) is 11.6. The van der Waals surface area contributed by atoms with Gasteiger partial charge >= 0.3 is 11.9 Å². The highest BCUT2D eigenvalue weighted by Gasteiger charge is 2.27. The Hall–Kier alpha value is -2.29. The van der Waals surface area contributed by atoms with Gasteiger partial charge in [0.05, 0.1) is 12.0 Å². The van der Waals surface area contributed by atoms with E-state index >= 15 is 0 Å². The number of esters is 2. The van der Waals surface area contributed by atoms with E-state index in [-0.39, 0.29) is 22.3 Å². The number of thiophene rings is 1. The van der Waals surface area contributed by atoms with E-state index in [2.05, 4.69) is 5.32 Å². The van der Waals surface area contributed by atoms with E-state index in [4.69, 9.17) is 30.5 Å². The molecule has 1 aliphatic rings. The Balaban J connectivity index is 1.84. The molecule has 0 unspecified atom stereocenters. The van der Waals surface area contributed by atoms with Crippen molar-refractivity contribution >= 4 is 40.6 Å². The molecular formula is C23H28ClNO6S. The standard InChI is InChI=1S/C23H28ClNO6S/c1-23(2,3)31-17(26)13-30-19-18(24)20(32-21(19)22(27)28-4)14-6-5-7-16(12-14)25-15-8-10-29-11-9-15/h5-7,12,15,25H,8-11,13H2,1-4H3. The van der Waals surface area contributed by atoms with Crippen LogP contribution in [0.2, 0.25) is 5.02 Å². The van der Waals surface area contributed by atoms with Crippen LogP contribution in [0.1, 0.15) is 43.3 Å². The monoisotopic (exact) mass is 481 g/mol. The summed E-state index contributed by atoms with van der Waals surface area (Å²) in [6.07, 6.45) is 1.89. The van der Waals surface area contributed by atoms with Crippen LogP contribution in [0, 0.1) is 0 Å². The highest BCUT2D eigenvalue weighted by Crippen LogP contribution is 2.46. The lowest BCUT2D eigenvalue weighted by Gasteiger charge is -2.24. The Kier molecular flexibility index (Phi) is 8.03. The smallest absolute Gasteiger partial charge is 0.351 e. The first-order chi connectivity index (χ1) is 15.2. The molecule has 3 rings (SSSR count). The minimum atomic E-state index is -0.646. The molecule has 1 aliphatic heterocycles. The number of methoxy groups -OCH3 is 1. The number of ether oxygens (including phenoxy) is 4. The normalized spacial score (nSPS) is 14.7. The second-order valence-corrected chi connectivity index (χ2v) is 9.78. The number of rotatable bonds is 7. The first-order valence-electron chi connectivity index (χ1n) is 10.4. The molecule has 7 nitrogen and oxygen atoms in total. The van der Waals surface area contributed by atoms with E-state index in [9.17, 15) is 9.59 Å². The maximum Gasteiger partial charge on any atom is 0.351 e. The van der Waals surface area contributed by atoms with Crippen molar-refractivity contribution in [3.8, 4) is 16.2 Å². The molecule has 1 N–H and O–H groups in total. The topological polar surface area (TPSA) is 83.1 Å². The summed E-state index contributed by atoms with van der Waals surface area (Å²) in [5, 5.41) is 3.78. The fourth-order valence-corrected chi connectivity index (χ4v) is 4.75. The van der Waals surface area contributed by atoms with E-state index in [1.54, 1.807) is 20.8 Å². The Labute approximate surface area is 196 Å². The van der Waals surface area contributed by atoms with Gasteiger partial charge in [-0.05, 0) is 51.3 Å². The summed E-state index contributed by atoms with van der Waals surface area (Å²) in [6, 6.07) is 8.14. The van der Waals surface area contributed by atoms with Crippen LogP contribution in [0.5, 0.6) is 5.75 Å². The van der Waals surface area contributed by atoms with Crippen LogP contribution in [0.3, 0.4) is 0 Å². The molecule has 0 aliphatic carbocycles. The van der Waals surface area contributed by atoms with Crippen LogP contribution in [0.15, 0.2) is 24.3 Å². The Morgan fingerprint density at radius 2 is 1.97 bits per heavy atom. The van der Waals surface area contributed by atoms with Gasteiger partial charge in [0.25, 0.3) is 0 Å². The van der Waals surface area contributed by atoms with Crippen LogP contribution in [-0.4, -0.2) is 50.5 Å². The number of hydrogen-bond acceptors (Lipinski definition) is 8. The number of carbonyl (C=O) groups is 2. The highest BCUT2D eigenvalue weighted by molar-refractivity contribution is 7.18. The molecule has 0 radical (unpaired) electrons. The average molecular weight is 482 g/mol. The molecule has 1 aromatic heterocycles. The average Bonchev–Trinajstić information content (AvgIpc) is 3.07. The second kappa shape index (κ2) is 10.6. The third kappa shape index (κ3) is 6.37. The van der Waals surface area contributed by atoms with Gasteiger partial charge in [0.15, 0.2) is 17.2 Å². The van der Waals surface area contributed by atoms with Gasteiger partial charge in [-0.25, -0.2) is 9.59 Å². The Bertz CT molecular complexity index is 962. The molecule has 32 heavy (non-hydrogen) atoms. The van der Waals surface area contributed by atoms with E-state index in [0.717, 1.165) is 48.6 Å². The molecule has 2 aromatic rings. The summed E-state index contributed by atoms with van der Waals surface area (Å²) in [4.78, 5) is 25.3. The first kappa shape index (κ1) is 24.4. The van der Waals surface area contributed by atoms with Crippen molar-refractivity contribution in [2.75, 3.05) is 32.2 Å². The SMILES string of the molecule is COC(=O)c1sc(-c2cccc(NC3CCOCC3)c2)c(Cl)c1OCC(=O)OC(C)(C)C. The zero-order valence-corrected chi connectivity index (χ0v) is 20.2. The summed E-state index contributed by atoms with van der Waals surface area (Å²) >= 11 is 7.77. The number of benzene rings is 1. The van der Waals surface area contributed by atoms with Crippen molar-refractivity contribution < 1.29 is 28.5 Å². The fraction of sp³-hybridized carbons (Fsp3) is 0.478. The summed E-state index contributed by atoms with van der Waals surface area (Å²) in [6.45, 7) is 6.41. The number of nitrogens with one attached hydrogen (secondary N) is 1. The molecule has 0 amide bonds. The predicted octanol–water partition coefficient (Wildman–Crippen LogP) is 5.17. The largest absolute Gasteiger partial charge is 0.479 e. The molecule has 0 saturated carbocycles. The second-order valence-electron chi connectivity index (χ2n) is 8.38.